The van der Waals surface area contributed by atoms with Gasteiger partial charge in [-0.15, -0.1) is 0 Å². The fraction of sp³-hybridized carbons (Fsp3) is 0.593. The number of amides is 1. The number of aromatic nitrogens is 1. The molecular weight excluding hydrogens is 384 g/mol. The van der Waals surface area contributed by atoms with Gasteiger partial charge in [0.25, 0.3) is 5.91 Å². The molecular formula is C27H38N2O2. The van der Waals surface area contributed by atoms with Crippen molar-refractivity contribution in [3.8, 4) is 17.0 Å². The van der Waals surface area contributed by atoms with Crippen molar-refractivity contribution < 1.29 is 9.53 Å². The van der Waals surface area contributed by atoms with Gasteiger partial charge in [-0.2, -0.15) is 0 Å². The number of carbonyl (C=O) groups is 1. The molecule has 1 amide bonds. The molecule has 0 saturated heterocycles. The van der Waals surface area contributed by atoms with Crippen molar-refractivity contribution >= 4 is 5.91 Å². The lowest BCUT2D eigenvalue weighted by molar-refractivity contribution is 0.0927. The van der Waals surface area contributed by atoms with E-state index in [9.17, 15) is 4.79 Å². The molecule has 0 aliphatic heterocycles. The predicted molar refractivity (Wildman–Crippen MR) is 127 cm³/mol. The fourth-order valence-electron chi connectivity index (χ4n) is 5.52. The fourth-order valence-corrected chi connectivity index (χ4v) is 5.52. The zero-order valence-corrected chi connectivity index (χ0v) is 19.5. The van der Waals surface area contributed by atoms with Crippen LogP contribution in [0.5, 0.6) is 5.75 Å². The highest BCUT2D eigenvalue weighted by Gasteiger charge is 2.24. The minimum Gasteiger partial charge on any atom is -0.497 e. The monoisotopic (exact) mass is 422 g/mol. The molecule has 2 fully saturated rings. The molecule has 1 aromatic carbocycles. The highest BCUT2D eigenvalue weighted by Crippen LogP contribution is 2.34. The molecule has 1 N–H and O–H groups in total. The third-order valence-electron chi connectivity index (χ3n) is 7.43. The Hall–Kier alpha value is -2.23. The van der Waals surface area contributed by atoms with Crippen LogP contribution in [-0.2, 0) is 6.54 Å². The van der Waals surface area contributed by atoms with Crippen LogP contribution in [0.4, 0.5) is 0 Å². The van der Waals surface area contributed by atoms with E-state index in [0.29, 0.717) is 12.0 Å². The smallest absolute Gasteiger partial charge is 0.253 e. The second-order valence-corrected chi connectivity index (χ2v) is 9.63. The van der Waals surface area contributed by atoms with Crippen LogP contribution in [0.2, 0.25) is 0 Å². The van der Waals surface area contributed by atoms with Gasteiger partial charge in [-0.05, 0) is 75.3 Å². The van der Waals surface area contributed by atoms with Crippen molar-refractivity contribution in [1.29, 1.82) is 0 Å². The summed E-state index contributed by atoms with van der Waals surface area (Å²) in [5.74, 6) is 1.67. The Balaban J connectivity index is 1.67. The maximum absolute atomic E-state index is 13.3. The Kier molecular flexibility index (Phi) is 7.04. The molecule has 2 aliphatic rings. The second kappa shape index (κ2) is 9.93. The van der Waals surface area contributed by atoms with E-state index in [1.165, 1.54) is 62.5 Å². The van der Waals surface area contributed by atoms with E-state index in [4.69, 9.17) is 4.74 Å². The van der Waals surface area contributed by atoms with E-state index in [0.717, 1.165) is 42.1 Å². The van der Waals surface area contributed by atoms with E-state index in [2.05, 4.69) is 41.9 Å². The van der Waals surface area contributed by atoms with Crippen molar-refractivity contribution in [3.05, 3.63) is 41.1 Å². The number of benzene rings is 1. The SMILES string of the molecule is COc1ccc(-c2cc(C(=O)NC3CCCCC3)c(C)n2CC2CCCCC2)c(C)c1. The van der Waals surface area contributed by atoms with Gasteiger partial charge < -0.3 is 14.6 Å². The Morgan fingerprint density at radius 1 is 1.00 bits per heavy atom. The van der Waals surface area contributed by atoms with Crippen molar-refractivity contribution in [2.45, 2.75) is 90.6 Å². The lowest BCUT2D eigenvalue weighted by atomic mass is 9.89. The minimum absolute atomic E-state index is 0.0965. The summed E-state index contributed by atoms with van der Waals surface area (Å²) in [6.07, 6.45) is 12.6. The Morgan fingerprint density at radius 2 is 1.68 bits per heavy atom. The first-order valence-electron chi connectivity index (χ1n) is 12.2. The van der Waals surface area contributed by atoms with Gasteiger partial charge >= 0.3 is 0 Å². The molecule has 2 aromatic rings. The van der Waals surface area contributed by atoms with Crippen LogP contribution in [-0.4, -0.2) is 23.6 Å². The Labute approximate surface area is 187 Å². The summed E-state index contributed by atoms with van der Waals surface area (Å²) in [4.78, 5) is 13.3. The Morgan fingerprint density at radius 3 is 2.32 bits per heavy atom. The quantitative estimate of drug-likeness (QED) is 0.583. The molecule has 0 atom stereocenters. The lowest BCUT2D eigenvalue weighted by Crippen LogP contribution is -2.36. The highest BCUT2D eigenvalue weighted by atomic mass is 16.5. The zero-order valence-electron chi connectivity index (χ0n) is 19.5. The maximum Gasteiger partial charge on any atom is 0.253 e. The van der Waals surface area contributed by atoms with Crippen LogP contribution in [0.1, 0.15) is 85.8 Å². The van der Waals surface area contributed by atoms with Gasteiger partial charge in [-0.1, -0.05) is 38.5 Å². The summed E-state index contributed by atoms with van der Waals surface area (Å²) in [6.45, 7) is 5.26. The summed E-state index contributed by atoms with van der Waals surface area (Å²) < 4.78 is 7.84. The lowest BCUT2D eigenvalue weighted by Gasteiger charge is -2.25. The van der Waals surface area contributed by atoms with Gasteiger partial charge in [0.2, 0.25) is 0 Å². The molecule has 4 nitrogen and oxygen atoms in total. The third kappa shape index (κ3) is 4.99. The van der Waals surface area contributed by atoms with Crippen molar-refractivity contribution in [1.82, 2.24) is 9.88 Å². The minimum atomic E-state index is 0.0965. The van der Waals surface area contributed by atoms with Crippen LogP contribution in [0.15, 0.2) is 24.3 Å². The van der Waals surface area contributed by atoms with Gasteiger partial charge in [-0.3, -0.25) is 4.79 Å². The molecule has 2 saturated carbocycles. The standard InChI is InChI=1S/C27H38N2O2/c1-19-16-23(31-3)14-15-24(19)26-17-25(27(30)28-22-12-8-5-9-13-22)20(2)29(26)18-21-10-6-4-7-11-21/h14-17,21-22H,4-13,18H2,1-3H3,(H,28,30). The number of hydrogen-bond donors (Lipinski definition) is 1. The number of nitrogens with one attached hydrogen (secondary N) is 1. The predicted octanol–water partition coefficient (Wildman–Crippen LogP) is 6.42. The number of carbonyl (C=O) groups excluding carboxylic acids is 1. The summed E-state index contributed by atoms with van der Waals surface area (Å²) in [7, 11) is 1.71. The molecule has 1 aromatic heterocycles. The first-order chi connectivity index (χ1) is 15.1. The average Bonchev–Trinajstić information content (AvgIpc) is 3.11. The molecule has 2 aliphatic carbocycles. The number of ether oxygens (including phenoxy) is 1. The first kappa shape index (κ1) is 22.0. The Bertz CT molecular complexity index is 902. The number of aryl methyl sites for hydroxylation is 1. The summed E-state index contributed by atoms with van der Waals surface area (Å²) >= 11 is 0. The molecule has 0 radical (unpaired) electrons. The zero-order chi connectivity index (χ0) is 21.8. The van der Waals surface area contributed by atoms with E-state index < -0.39 is 0 Å². The van der Waals surface area contributed by atoms with Crippen LogP contribution >= 0.6 is 0 Å². The van der Waals surface area contributed by atoms with Crippen molar-refractivity contribution in [2.24, 2.45) is 5.92 Å². The number of nitrogens with zero attached hydrogens (tertiary/aromatic N) is 1. The van der Waals surface area contributed by atoms with Crippen LogP contribution < -0.4 is 10.1 Å². The molecule has 1 heterocycles. The van der Waals surface area contributed by atoms with Crippen LogP contribution in [0, 0.1) is 19.8 Å². The van der Waals surface area contributed by atoms with Crippen LogP contribution in [0.25, 0.3) is 11.3 Å². The molecule has 31 heavy (non-hydrogen) atoms. The highest BCUT2D eigenvalue weighted by molar-refractivity contribution is 5.97. The number of hydrogen-bond acceptors (Lipinski definition) is 2. The molecule has 0 bridgehead atoms. The van der Waals surface area contributed by atoms with Crippen LogP contribution in [0.3, 0.4) is 0 Å². The summed E-state index contributed by atoms with van der Waals surface area (Å²) in [5.41, 5.74) is 5.48. The van der Waals surface area contributed by atoms with Crippen molar-refractivity contribution in [2.75, 3.05) is 7.11 Å². The average molecular weight is 423 g/mol. The molecule has 168 valence electrons. The summed E-state index contributed by atoms with van der Waals surface area (Å²) in [5, 5.41) is 3.33. The van der Waals surface area contributed by atoms with E-state index in [1.54, 1.807) is 7.11 Å². The molecule has 4 heteroatoms. The number of rotatable bonds is 6. The van der Waals surface area contributed by atoms with Crippen molar-refractivity contribution in [3.63, 3.8) is 0 Å². The van der Waals surface area contributed by atoms with E-state index in [1.807, 2.05) is 6.07 Å². The third-order valence-corrected chi connectivity index (χ3v) is 7.43. The van der Waals surface area contributed by atoms with Gasteiger partial charge in [0.15, 0.2) is 0 Å². The maximum atomic E-state index is 13.3. The first-order valence-corrected chi connectivity index (χ1v) is 12.2. The summed E-state index contributed by atoms with van der Waals surface area (Å²) in [6, 6.07) is 8.71. The second-order valence-electron chi connectivity index (χ2n) is 9.63. The van der Waals surface area contributed by atoms with Gasteiger partial charge in [0, 0.05) is 29.5 Å². The van der Waals surface area contributed by atoms with E-state index >= 15 is 0 Å². The topological polar surface area (TPSA) is 43.3 Å². The molecule has 4 rings (SSSR count). The normalized spacial score (nSPS) is 18.2. The van der Waals surface area contributed by atoms with Gasteiger partial charge in [0.1, 0.15) is 5.75 Å². The van der Waals surface area contributed by atoms with E-state index in [-0.39, 0.29) is 5.91 Å². The largest absolute Gasteiger partial charge is 0.497 e. The molecule has 0 spiro atoms. The van der Waals surface area contributed by atoms with Gasteiger partial charge in [-0.25, -0.2) is 0 Å². The number of methoxy groups -OCH3 is 1. The molecule has 0 unspecified atom stereocenters. The van der Waals surface area contributed by atoms with Gasteiger partial charge in [0.05, 0.1) is 12.7 Å².